The number of phenolic OH excluding ortho intramolecular Hbond substituents is 2. The minimum Gasteiger partial charge on any atom is -0.505 e. The van der Waals surface area contributed by atoms with Gasteiger partial charge < -0.3 is 10.2 Å². The fraction of sp³-hybridized carbons (Fsp3) is 0.111. The second kappa shape index (κ2) is 7.66. The van der Waals surface area contributed by atoms with Crippen molar-refractivity contribution in [2.24, 2.45) is 0 Å². The Bertz CT molecular complexity index is 1640. The molecular formula is C27H22N6O2. The fourth-order valence-electron chi connectivity index (χ4n) is 4.39. The van der Waals surface area contributed by atoms with Gasteiger partial charge in [-0.15, -0.1) is 30.0 Å². The Labute approximate surface area is 200 Å². The molecule has 6 aromatic rings. The van der Waals surface area contributed by atoms with Gasteiger partial charge in [-0.3, -0.25) is 0 Å². The molecule has 8 nitrogen and oxygen atoms in total. The molecule has 4 aromatic carbocycles. The third kappa shape index (κ3) is 3.30. The van der Waals surface area contributed by atoms with E-state index in [4.69, 9.17) is 0 Å². The number of hydrogen-bond acceptors (Lipinski definition) is 6. The number of rotatable bonds is 4. The molecule has 0 fully saturated rings. The van der Waals surface area contributed by atoms with E-state index in [1.165, 1.54) is 9.59 Å². The van der Waals surface area contributed by atoms with E-state index in [1.807, 2.05) is 92.7 Å². The number of fused-ring (bicyclic) bond motifs is 2. The molecule has 6 rings (SSSR count). The van der Waals surface area contributed by atoms with Gasteiger partial charge >= 0.3 is 0 Å². The quantitative estimate of drug-likeness (QED) is 0.387. The molecule has 0 saturated carbocycles. The predicted octanol–water partition coefficient (Wildman–Crippen LogP) is 4.89. The molecule has 0 atom stereocenters. The maximum Gasteiger partial charge on any atom is 0.174 e. The van der Waals surface area contributed by atoms with Crippen molar-refractivity contribution in [2.75, 3.05) is 0 Å². The Hall–Kier alpha value is -4.72. The van der Waals surface area contributed by atoms with Crippen LogP contribution in [0.2, 0.25) is 0 Å². The summed E-state index contributed by atoms with van der Waals surface area (Å²) in [7, 11) is 0. The van der Waals surface area contributed by atoms with Gasteiger partial charge in [-0.05, 0) is 35.9 Å². The number of aromatic hydroxyl groups is 2. The van der Waals surface area contributed by atoms with Crippen LogP contribution in [0.4, 0.5) is 0 Å². The van der Waals surface area contributed by atoms with Crippen molar-refractivity contribution in [3.63, 3.8) is 0 Å². The lowest BCUT2D eigenvalue weighted by Gasteiger charge is -2.28. The number of aromatic nitrogens is 6. The van der Waals surface area contributed by atoms with Crippen LogP contribution in [0.5, 0.6) is 11.5 Å². The summed E-state index contributed by atoms with van der Waals surface area (Å²) in [4.78, 5) is 2.66. The van der Waals surface area contributed by atoms with Gasteiger partial charge in [0.25, 0.3) is 0 Å². The van der Waals surface area contributed by atoms with Crippen molar-refractivity contribution in [3.05, 3.63) is 96.1 Å². The molecule has 8 heteroatoms. The number of benzene rings is 4. The van der Waals surface area contributed by atoms with E-state index < -0.39 is 5.41 Å². The van der Waals surface area contributed by atoms with Crippen LogP contribution in [0.1, 0.15) is 25.0 Å². The highest BCUT2D eigenvalue weighted by atomic mass is 16.3. The summed E-state index contributed by atoms with van der Waals surface area (Å²) in [5, 5.41) is 41.1. The average molecular weight is 463 g/mol. The van der Waals surface area contributed by atoms with Crippen LogP contribution in [-0.4, -0.2) is 40.2 Å². The highest BCUT2D eigenvalue weighted by molar-refractivity contribution is 5.77. The first-order valence-corrected chi connectivity index (χ1v) is 11.2. The lowest BCUT2D eigenvalue weighted by Crippen LogP contribution is -2.21. The first-order valence-electron chi connectivity index (χ1n) is 11.2. The lowest BCUT2D eigenvalue weighted by molar-refractivity contribution is 0.422. The zero-order valence-electron chi connectivity index (χ0n) is 19.2. The van der Waals surface area contributed by atoms with Gasteiger partial charge in [-0.2, -0.15) is 0 Å². The average Bonchev–Trinajstić information content (AvgIpc) is 3.48. The summed E-state index contributed by atoms with van der Waals surface area (Å²) >= 11 is 0. The van der Waals surface area contributed by atoms with Crippen LogP contribution in [-0.2, 0) is 5.41 Å². The first-order chi connectivity index (χ1) is 16.9. The Morgan fingerprint density at radius 3 is 1.57 bits per heavy atom. The third-order valence-corrected chi connectivity index (χ3v) is 6.38. The van der Waals surface area contributed by atoms with Crippen LogP contribution in [0, 0.1) is 0 Å². The summed E-state index contributed by atoms with van der Waals surface area (Å²) in [6, 6.07) is 26.5. The lowest BCUT2D eigenvalue weighted by atomic mass is 9.77. The summed E-state index contributed by atoms with van der Waals surface area (Å²) < 4.78 is 0. The second-order valence-corrected chi connectivity index (χ2v) is 8.94. The smallest absolute Gasteiger partial charge is 0.174 e. The fourth-order valence-corrected chi connectivity index (χ4v) is 4.39. The maximum atomic E-state index is 11.5. The molecule has 0 aliphatic heterocycles. The minimum atomic E-state index is -0.623. The van der Waals surface area contributed by atoms with E-state index in [0.29, 0.717) is 33.3 Å². The van der Waals surface area contributed by atoms with Gasteiger partial charge in [0.15, 0.2) is 17.2 Å². The molecule has 0 amide bonds. The van der Waals surface area contributed by atoms with Crippen molar-refractivity contribution in [3.8, 4) is 22.9 Å². The molecule has 0 bridgehead atoms. The van der Waals surface area contributed by atoms with Crippen molar-refractivity contribution >= 4 is 22.1 Å². The number of phenols is 2. The Morgan fingerprint density at radius 1 is 0.600 bits per heavy atom. The van der Waals surface area contributed by atoms with Gasteiger partial charge in [0, 0.05) is 11.0 Å². The standard InChI is InChI=1S/C27H22N6O2/c1-27(2,17-10-4-3-5-11-17)18-16-23(32-28-19-12-6-7-13-20(19)29-32)26(35)24(25(18)34)33-30-21-14-8-9-15-22(21)31-33/h3-16,34-35H,1-2H3. The molecule has 2 N–H and O–H groups in total. The van der Waals surface area contributed by atoms with E-state index in [9.17, 15) is 10.2 Å². The van der Waals surface area contributed by atoms with Gasteiger partial charge in [0.2, 0.25) is 0 Å². The van der Waals surface area contributed by atoms with Crippen molar-refractivity contribution in [1.82, 2.24) is 30.0 Å². The summed E-state index contributed by atoms with van der Waals surface area (Å²) in [6.45, 7) is 4.03. The van der Waals surface area contributed by atoms with Gasteiger partial charge in [-0.25, -0.2) is 0 Å². The molecule has 0 saturated heterocycles. The van der Waals surface area contributed by atoms with Gasteiger partial charge in [0.05, 0.1) is 0 Å². The highest BCUT2D eigenvalue weighted by Gasteiger charge is 2.32. The van der Waals surface area contributed by atoms with Gasteiger partial charge in [0.1, 0.15) is 27.8 Å². The monoisotopic (exact) mass is 462 g/mol. The largest absolute Gasteiger partial charge is 0.505 e. The molecule has 0 aliphatic carbocycles. The molecule has 2 heterocycles. The summed E-state index contributed by atoms with van der Waals surface area (Å²) in [6.07, 6.45) is 0. The van der Waals surface area contributed by atoms with Gasteiger partial charge in [-0.1, -0.05) is 68.4 Å². The molecule has 172 valence electrons. The highest BCUT2D eigenvalue weighted by Crippen LogP contribution is 2.45. The zero-order chi connectivity index (χ0) is 24.2. The van der Waals surface area contributed by atoms with Crippen LogP contribution >= 0.6 is 0 Å². The Kier molecular flexibility index (Phi) is 4.57. The van der Waals surface area contributed by atoms with Crippen LogP contribution in [0.15, 0.2) is 84.9 Å². The predicted molar refractivity (Wildman–Crippen MR) is 133 cm³/mol. The topological polar surface area (TPSA) is 102 Å². The summed E-state index contributed by atoms with van der Waals surface area (Å²) in [5.74, 6) is -0.340. The van der Waals surface area contributed by atoms with E-state index in [-0.39, 0.29) is 17.2 Å². The van der Waals surface area contributed by atoms with E-state index >= 15 is 0 Å². The molecule has 2 aromatic heterocycles. The van der Waals surface area contributed by atoms with Crippen LogP contribution < -0.4 is 0 Å². The molecule has 0 radical (unpaired) electrons. The second-order valence-electron chi connectivity index (χ2n) is 8.94. The molecule has 0 aliphatic rings. The van der Waals surface area contributed by atoms with E-state index in [0.717, 1.165) is 5.56 Å². The van der Waals surface area contributed by atoms with Crippen LogP contribution in [0.3, 0.4) is 0 Å². The van der Waals surface area contributed by atoms with Crippen LogP contribution in [0.25, 0.3) is 33.4 Å². The molecule has 0 unspecified atom stereocenters. The number of hydrogen-bond donors (Lipinski definition) is 2. The first kappa shape index (κ1) is 20.9. The van der Waals surface area contributed by atoms with E-state index in [2.05, 4.69) is 20.4 Å². The number of nitrogens with zero attached hydrogens (tertiary/aromatic N) is 6. The normalized spacial score (nSPS) is 11.9. The van der Waals surface area contributed by atoms with Crippen molar-refractivity contribution < 1.29 is 10.2 Å². The van der Waals surface area contributed by atoms with Crippen molar-refractivity contribution in [2.45, 2.75) is 19.3 Å². The molecule has 0 spiro atoms. The SMILES string of the molecule is CC(C)(c1ccccc1)c1cc(-n2nc3ccccc3n2)c(O)c(-n2nc3ccccc3n2)c1O. The maximum absolute atomic E-state index is 11.5. The Balaban J connectivity index is 1.66. The van der Waals surface area contributed by atoms with Crippen molar-refractivity contribution in [1.29, 1.82) is 0 Å². The van der Waals surface area contributed by atoms with E-state index in [1.54, 1.807) is 6.07 Å². The summed E-state index contributed by atoms with van der Waals surface area (Å²) in [5.41, 5.74) is 3.99. The molecule has 35 heavy (non-hydrogen) atoms. The third-order valence-electron chi connectivity index (χ3n) is 6.38. The minimum absolute atomic E-state index is 0.0686. The molecular weight excluding hydrogens is 440 g/mol. The Morgan fingerprint density at radius 2 is 1.06 bits per heavy atom. The zero-order valence-corrected chi connectivity index (χ0v) is 19.2.